The first kappa shape index (κ1) is 15.5. The van der Waals surface area contributed by atoms with Gasteiger partial charge in [0.25, 0.3) is 0 Å². The van der Waals surface area contributed by atoms with E-state index in [0.717, 1.165) is 17.7 Å². The van der Waals surface area contributed by atoms with Crippen molar-refractivity contribution in [2.24, 2.45) is 5.73 Å². The van der Waals surface area contributed by atoms with Crippen LogP contribution in [0.5, 0.6) is 5.75 Å². The molecule has 4 nitrogen and oxygen atoms in total. The van der Waals surface area contributed by atoms with Crippen LogP contribution < -0.4 is 10.5 Å². The van der Waals surface area contributed by atoms with Crippen LogP contribution in [0.2, 0.25) is 0 Å². The molecule has 0 saturated carbocycles. The molecule has 106 valence electrons. The molecule has 2 unspecified atom stereocenters. The summed E-state index contributed by atoms with van der Waals surface area (Å²) in [5.74, 6) is 0.226. The summed E-state index contributed by atoms with van der Waals surface area (Å²) in [6, 6.07) is 7.86. The molecule has 0 amide bonds. The van der Waals surface area contributed by atoms with E-state index in [1.165, 1.54) is 6.92 Å². The van der Waals surface area contributed by atoms with Crippen molar-refractivity contribution in [1.29, 1.82) is 0 Å². The molecule has 0 bridgehead atoms. The largest absolute Gasteiger partial charge is 0.493 e. The Labute approximate surface area is 114 Å². The molecule has 0 heterocycles. The number of nitrogens with two attached hydrogens (primary N) is 1. The normalized spacial score (nSPS) is 15.6. The molecular formula is C15H23NO3. The minimum atomic E-state index is -1.24. The van der Waals surface area contributed by atoms with Gasteiger partial charge in [0.05, 0.1) is 6.61 Å². The van der Waals surface area contributed by atoms with Crippen LogP contribution in [0.1, 0.15) is 45.1 Å². The highest BCUT2D eigenvalue weighted by Gasteiger charge is 2.27. The summed E-state index contributed by atoms with van der Waals surface area (Å²) in [5, 5.41) is 8.94. The summed E-state index contributed by atoms with van der Waals surface area (Å²) in [4.78, 5) is 10.9. The number of benzene rings is 1. The second-order valence-corrected chi connectivity index (χ2v) is 5.17. The van der Waals surface area contributed by atoms with Gasteiger partial charge in [-0.3, -0.25) is 4.79 Å². The maximum Gasteiger partial charge on any atom is 0.323 e. The Morgan fingerprint density at radius 1 is 1.47 bits per heavy atom. The fourth-order valence-electron chi connectivity index (χ4n) is 1.72. The van der Waals surface area contributed by atoms with E-state index in [9.17, 15) is 4.79 Å². The standard InChI is InChI=1S/C15H23NO3/c1-4-11(2)12-7-5-6-8-13(12)19-10-9-15(3,16)14(17)18/h5-8,11H,4,9-10,16H2,1-3H3,(H,17,18). The number of para-hydroxylation sites is 1. The molecule has 1 rings (SSSR count). The average molecular weight is 265 g/mol. The molecule has 3 N–H and O–H groups in total. The Balaban J connectivity index is 2.66. The number of hydrogen-bond acceptors (Lipinski definition) is 3. The molecular weight excluding hydrogens is 242 g/mol. The number of ether oxygens (including phenoxy) is 1. The SMILES string of the molecule is CCC(C)c1ccccc1OCCC(C)(N)C(=O)O. The molecule has 1 aromatic carbocycles. The molecule has 0 radical (unpaired) electrons. The molecule has 0 aliphatic carbocycles. The number of carboxylic acids is 1. The van der Waals surface area contributed by atoms with Crippen LogP contribution in [-0.4, -0.2) is 23.2 Å². The lowest BCUT2D eigenvalue weighted by molar-refractivity contribution is -0.143. The summed E-state index contributed by atoms with van der Waals surface area (Å²) >= 11 is 0. The van der Waals surface area contributed by atoms with E-state index in [4.69, 9.17) is 15.6 Å². The number of carbonyl (C=O) groups is 1. The summed E-state index contributed by atoms with van der Waals surface area (Å²) in [5.41, 5.74) is 5.58. The minimum absolute atomic E-state index is 0.275. The van der Waals surface area contributed by atoms with Crippen LogP contribution in [0.3, 0.4) is 0 Å². The lowest BCUT2D eigenvalue weighted by Crippen LogP contribution is -2.45. The molecule has 0 aliphatic rings. The van der Waals surface area contributed by atoms with Gasteiger partial charge in [0.2, 0.25) is 0 Å². The van der Waals surface area contributed by atoms with Gasteiger partial charge in [-0.15, -0.1) is 0 Å². The third kappa shape index (κ3) is 4.24. The van der Waals surface area contributed by atoms with Crippen LogP contribution in [0.4, 0.5) is 0 Å². The Kier molecular flexibility index (Phi) is 5.36. The highest BCUT2D eigenvalue weighted by molar-refractivity contribution is 5.77. The second kappa shape index (κ2) is 6.57. The Bertz CT molecular complexity index is 429. The third-order valence-corrected chi connectivity index (χ3v) is 3.43. The van der Waals surface area contributed by atoms with Crippen molar-refractivity contribution in [2.45, 2.75) is 45.1 Å². The van der Waals surface area contributed by atoms with Crippen molar-refractivity contribution >= 4 is 5.97 Å². The zero-order chi connectivity index (χ0) is 14.5. The molecule has 1 aromatic rings. The van der Waals surface area contributed by atoms with Crippen molar-refractivity contribution in [3.8, 4) is 5.75 Å². The van der Waals surface area contributed by atoms with Crippen LogP contribution in [0.25, 0.3) is 0 Å². The maximum absolute atomic E-state index is 10.9. The van der Waals surface area contributed by atoms with Gasteiger partial charge in [0.1, 0.15) is 11.3 Å². The summed E-state index contributed by atoms with van der Waals surface area (Å²) in [6.45, 7) is 6.07. The van der Waals surface area contributed by atoms with Gasteiger partial charge in [-0.05, 0) is 30.9 Å². The number of rotatable bonds is 7. The highest BCUT2D eigenvalue weighted by atomic mass is 16.5. The first-order valence-corrected chi connectivity index (χ1v) is 6.62. The molecule has 0 aliphatic heterocycles. The van der Waals surface area contributed by atoms with Crippen LogP contribution in [0.15, 0.2) is 24.3 Å². The van der Waals surface area contributed by atoms with Crippen molar-refractivity contribution in [1.82, 2.24) is 0 Å². The summed E-state index contributed by atoms with van der Waals surface area (Å²) in [6.07, 6.45) is 1.31. The first-order valence-electron chi connectivity index (χ1n) is 6.62. The topological polar surface area (TPSA) is 72.5 Å². The van der Waals surface area contributed by atoms with Crippen LogP contribution in [-0.2, 0) is 4.79 Å². The molecule has 2 atom stereocenters. The maximum atomic E-state index is 10.9. The van der Waals surface area contributed by atoms with E-state index in [0.29, 0.717) is 12.5 Å². The van der Waals surface area contributed by atoms with Gasteiger partial charge in [-0.25, -0.2) is 0 Å². The van der Waals surface area contributed by atoms with Crippen molar-refractivity contribution in [2.75, 3.05) is 6.61 Å². The molecule has 0 saturated heterocycles. The van der Waals surface area contributed by atoms with E-state index >= 15 is 0 Å². The molecule has 0 spiro atoms. The average Bonchev–Trinajstić information content (AvgIpc) is 2.38. The molecule has 19 heavy (non-hydrogen) atoms. The van der Waals surface area contributed by atoms with Crippen molar-refractivity contribution < 1.29 is 14.6 Å². The Morgan fingerprint density at radius 2 is 2.11 bits per heavy atom. The minimum Gasteiger partial charge on any atom is -0.493 e. The molecule has 0 fully saturated rings. The fourth-order valence-corrected chi connectivity index (χ4v) is 1.72. The highest BCUT2D eigenvalue weighted by Crippen LogP contribution is 2.28. The monoisotopic (exact) mass is 265 g/mol. The van der Waals surface area contributed by atoms with Gasteiger partial charge in [-0.1, -0.05) is 32.0 Å². The van der Waals surface area contributed by atoms with Gasteiger partial charge in [0, 0.05) is 6.42 Å². The van der Waals surface area contributed by atoms with Crippen LogP contribution >= 0.6 is 0 Å². The number of aliphatic carboxylic acids is 1. The van der Waals surface area contributed by atoms with Gasteiger partial charge in [-0.2, -0.15) is 0 Å². The second-order valence-electron chi connectivity index (χ2n) is 5.17. The lowest BCUT2D eigenvalue weighted by atomic mass is 9.97. The summed E-state index contributed by atoms with van der Waals surface area (Å²) in [7, 11) is 0. The third-order valence-electron chi connectivity index (χ3n) is 3.43. The predicted molar refractivity (Wildman–Crippen MR) is 75.5 cm³/mol. The van der Waals surface area contributed by atoms with E-state index in [1.807, 2.05) is 24.3 Å². The van der Waals surface area contributed by atoms with Gasteiger partial charge < -0.3 is 15.6 Å². The fraction of sp³-hybridized carbons (Fsp3) is 0.533. The van der Waals surface area contributed by atoms with Gasteiger partial charge >= 0.3 is 5.97 Å². The van der Waals surface area contributed by atoms with E-state index in [-0.39, 0.29) is 6.42 Å². The Hall–Kier alpha value is -1.55. The zero-order valence-electron chi connectivity index (χ0n) is 11.8. The number of carboxylic acid groups (broad SMARTS) is 1. The lowest BCUT2D eigenvalue weighted by Gasteiger charge is -2.20. The van der Waals surface area contributed by atoms with Crippen molar-refractivity contribution in [3.63, 3.8) is 0 Å². The van der Waals surface area contributed by atoms with E-state index in [1.54, 1.807) is 0 Å². The zero-order valence-corrected chi connectivity index (χ0v) is 11.8. The van der Waals surface area contributed by atoms with E-state index in [2.05, 4.69) is 13.8 Å². The summed E-state index contributed by atoms with van der Waals surface area (Å²) < 4.78 is 5.70. The molecule has 0 aromatic heterocycles. The Morgan fingerprint density at radius 3 is 2.68 bits per heavy atom. The first-order chi connectivity index (χ1) is 8.88. The van der Waals surface area contributed by atoms with Crippen molar-refractivity contribution in [3.05, 3.63) is 29.8 Å². The smallest absolute Gasteiger partial charge is 0.323 e. The number of hydrogen-bond donors (Lipinski definition) is 2. The predicted octanol–water partition coefficient (Wildman–Crippen LogP) is 2.77. The van der Waals surface area contributed by atoms with Gasteiger partial charge in [0.15, 0.2) is 0 Å². The van der Waals surface area contributed by atoms with E-state index < -0.39 is 11.5 Å². The molecule has 4 heteroatoms. The quantitative estimate of drug-likeness (QED) is 0.795. The van der Waals surface area contributed by atoms with Crippen LogP contribution in [0, 0.1) is 0 Å².